The van der Waals surface area contributed by atoms with Crippen LogP contribution in [0.2, 0.25) is 5.02 Å². The number of aliphatic carboxylic acids is 1. The van der Waals surface area contributed by atoms with Crippen LogP contribution < -0.4 is 15.1 Å². The van der Waals surface area contributed by atoms with Crippen LogP contribution in [0.1, 0.15) is 6.42 Å². The number of hydrogen-bond acceptors (Lipinski definition) is 5. The Kier molecular flexibility index (Phi) is 4.00. The van der Waals surface area contributed by atoms with Crippen molar-refractivity contribution >= 4 is 45.2 Å². The molecule has 1 fully saturated rings. The molecule has 7 heteroatoms. The molecule has 26 heavy (non-hydrogen) atoms. The summed E-state index contributed by atoms with van der Waals surface area (Å²) in [7, 11) is 1.49. The molecule has 2 heterocycles. The molecule has 0 amide bonds. The summed E-state index contributed by atoms with van der Waals surface area (Å²) in [6.07, 6.45) is 0.595. The van der Waals surface area contributed by atoms with Crippen LogP contribution >= 0.6 is 11.6 Å². The Morgan fingerprint density at radius 2 is 2.15 bits per heavy atom. The quantitative estimate of drug-likeness (QED) is 0.707. The number of nitrogens with zero attached hydrogens (tertiary/aromatic N) is 1. The van der Waals surface area contributed by atoms with Gasteiger partial charge < -0.3 is 19.2 Å². The van der Waals surface area contributed by atoms with E-state index in [-0.39, 0.29) is 16.9 Å². The maximum Gasteiger partial charge on any atom is 0.308 e. The average molecular weight is 374 g/mol. The fraction of sp³-hybridized carbons (Fsp3) is 0.263. The number of fused-ring (bicyclic) bond motifs is 2. The van der Waals surface area contributed by atoms with Crippen molar-refractivity contribution in [3.05, 3.63) is 45.6 Å². The number of hydrogen-bond donors (Lipinski definition) is 1. The van der Waals surface area contributed by atoms with Gasteiger partial charge in [-0.15, -0.1) is 0 Å². The molecular weight excluding hydrogens is 358 g/mol. The van der Waals surface area contributed by atoms with Crippen LogP contribution in [-0.2, 0) is 4.79 Å². The lowest BCUT2D eigenvalue weighted by Crippen LogP contribution is -2.22. The molecule has 1 aromatic heterocycles. The number of anilines is 1. The molecule has 3 aromatic rings. The molecule has 6 nitrogen and oxygen atoms in total. The zero-order valence-corrected chi connectivity index (χ0v) is 14.7. The number of ether oxygens (including phenoxy) is 1. The number of rotatable bonds is 3. The zero-order chi connectivity index (χ0) is 18.4. The summed E-state index contributed by atoms with van der Waals surface area (Å²) in [5.41, 5.74) is 1.30. The van der Waals surface area contributed by atoms with Gasteiger partial charge in [-0.2, -0.15) is 0 Å². The van der Waals surface area contributed by atoms with E-state index in [0.717, 1.165) is 5.69 Å². The highest BCUT2D eigenvalue weighted by Gasteiger charge is 2.28. The largest absolute Gasteiger partial charge is 0.496 e. The number of halogens is 1. The van der Waals surface area contributed by atoms with Gasteiger partial charge in [-0.3, -0.25) is 9.59 Å². The third kappa shape index (κ3) is 2.57. The van der Waals surface area contributed by atoms with Crippen molar-refractivity contribution in [1.82, 2.24) is 0 Å². The summed E-state index contributed by atoms with van der Waals surface area (Å²) < 4.78 is 11.2. The lowest BCUT2D eigenvalue weighted by molar-refractivity contribution is -0.140. The number of methoxy groups -OCH3 is 1. The van der Waals surface area contributed by atoms with E-state index in [4.69, 9.17) is 20.8 Å². The van der Waals surface area contributed by atoms with E-state index >= 15 is 0 Å². The number of carboxylic acid groups (broad SMARTS) is 1. The molecule has 134 valence electrons. The Labute approximate surface area is 153 Å². The van der Waals surface area contributed by atoms with Gasteiger partial charge in [0.1, 0.15) is 16.7 Å². The molecule has 0 spiro atoms. The van der Waals surface area contributed by atoms with Crippen molar-refractivity contribution in [2.75, 3.05) is 25.1 Å². The molecule has 0 bridgehead atoms. The first-order valence-electron chi connectivity index (χ1n) is 8.20. The molecule has 1 N–H and O–H groups in total. The summed E-state index contributed by atoms with van der Waals surface area (Å²) in [4.78, 5) is 26.1. The fourth-order valence-electron chi connectivity index (χ4n) is 3.44. The molecule has 1 unspecified atom stereocenters. The molecule has 1 saturated heterocycles. The number of benzene rings is 2. The monoisotopic (exact) mass is 373 g/mol. The first kappa shape index (κ1) is 16.7. The summed E-state index contributed by atoms with van der Waals surface area (Å²) in [5, 5.41) is 10.2. The second kappa shape index (κ2) is 6.21. The second-order valence-electron chi connectivity index (χ2n) is 6.34. The maximum absolute atomic E-state index is 12.9. The minimum Gasteiger partial charge on any atom is -0.496 e. The fourth-order valence-corrected chi connectivity index (χ4v) is 3.64. The Bertz CT molecular complexity index is 1090. The van der Waals surface area contributed by atoms with E-state index in [0.29, 0.717) is 46.6 Å². The molecule has 0 radical (unpaired) electrons. The van der Waals surface area contributed by atoms with E-state index in [1.54, 1.807) is 24.3 Å². The Balaban J connectivity index is 1.87. The highest BCUT2D eigenvalue weighted by atomic mass is 35.5. The van der Waals surface area contributed by atoms with Crippen LogP contribution in [0.15, 0.2) is 39.5 Å². The van der Waals surface area contributed by atoms with Crippen molar-refractivity contribution in [2.24, 2.45) is 5.92 Å². The standard InChI is InChI=1S/C19H16ClNO5/c1-25-14-5-4-13(20)18-16(14)17(22)12-3-2-11(8-15(12)26-18)21-7-6-10(9-21)19(23)24/h2-5,8,10H,6-7,9H2,1H3,(H,23,24). The maximum atomic E-state index is 12.9. The SMILES string of the molecule is COc1ccc(Cl)c2oc3cc(N4CCC(C(=O)O)C4)ccc3c(=O)c12. The Morgan fingerprint density at radius 1 is 1.35 bits per heavy atom. The summed E-state index contributed by atoms with van der Waals surface area (Å²) in [5.74, 6) is -0.759. The summed E-state index contributed by atoms with van der Waals surface area (Å²) >= 11 is 6.22. The van der Waals surface area contributed by atoms with Crippen LogP contribution in [-0.4, -0.2) is 31.3 Å². The van der Waals surface area contributed by atoms with E-state index in [9.17, 15) is 14.7 Å². The van der Waals surface area contributed by atoms with Gasteiger partial charge in [0, 0.05) is 24.8 Å². The first-order valence-corrected chi connectivity index (χ1v) is 8.58. The lowest BCUT2D eigenvalue weighted by atomic mass is 10.1. The number of carbonyl (C=O) groups is 1. The van der Waals surface area contributed by atoms with Gasteiger partial charge in [-0.05, 0) is 30.7 Å². The predicted molar refractivity (Wildman–Crippen MR) is 99.5 cm³/mol. The van der Waals surface area contributed by atoms with E-state index < -0.39 is 5.97 Å². The molecule has 0 saturated carbocycles. The number of carboxylic acids is 1. The minimum absolute atomic E-state index is 0.211. The van der Waals surface area contributed by atoms with Crippen molar-refractivity contribution in [1.29, 1.82) is 0 Å². The van der Waals surface area contributed by atoms with Crippen molar-refractivity contribution < 1.29 is 19.1 Å². The smallest absolute Gasteiger partial charge is 0.308 e. The van der Waals surface area contributed by atoms with Gasteiger partial charge >= 0.3 is 5.97 Å². The van der Waals surface area contributed by atoms with Crippen molar-refractivity contribution in [2.45, 2.75) is 6.42 Å². The third-order valence-electron chi connectivity index (χ3n) is 4.84. The third-order valence-corrected chi connectivity index (χ3v) is 5.14. The van der Waals surface area contributed by atoms with Crippen LogP contribution in [0.3, 0.4) is 0 Å². The van der Waals surface area contributed by atoms with Crippen LogP contribution in [0.4, 0.5) is 5.69 Å². The predicted octanol–water partition coefficient (Wildman–Crippen LogP) is 3.52. The topological polar surface area (TPSA) is 80.0 Å². The summed E-state index contributed by atoms with van der Waals surface area (Å²) in [6, 6.07) is 8.53. The Morgan fingerprint density at radius 3 is 2.85 bits per heavy atom. The Hall–Kier alpha value is -2.73. The van der Waals surface area contributed by atoms with Crippen molar-refractivity contribution in [3.8, 4) is 5.75 Å². The second-order valence-corrected chi connectivity index (χ2v) is 6.74. The van der Waals surface area contributed by atoms with Gasteiger partial charge in [0.2, 0.25) is 5.43 Å². The zero-order valence-electron chi connectivity index (χ0n) is 14.0. The lowest BCUT2D eigenvalue weighted by Gasteiger charge is -2.18. The molecule has 1 aliphatic rings. The molecule has 0 aliphatic carbocycles. The molecule has 2 aromatic carbocycles. The molecule has 1 aliphatic heterocycles. The van der Waals surface area contributed by atoms with E-state index in [1.165, 1.54) is 7.11 Å². The summed E-state index contributed by atoms with van der Waals surface area (Å²) in [6.45, 7) is 1.09. The highest BCUT2D eigenvalue weighted by Crippen LogP contribution is 2.33. The molecule has 4 rings (SSSR count). The van der Waals surface area contributed by atoms with Crippen LogP contribution in [0, 0.1) is 5.92 Å². The van der Waals surface area contributed by atoms with E-state index in [2.05, 4.69) is 0 Å². The highest BCUT2D eigenvalue weighted by molar-refractivity contribution is 6.35. The van der Waals surface area contributed by atoms with E-state index in [1.807, 2.05) is 11.0 Å². The normalized spacial score (nSPS) is 17.2. The van der Waals surface area contributed by atoms with Gasteiger partial charge in [-0.1, -0.05) is 11.6 Å². The van der Waals surface area contributed by atoms with Crippen LogP contribution in [0.25, 0.3) is 21.9 Å². The van der Waals surface area contributed by atoms with Gasteiger partial charge in [0.25, 0.3) is 0 Å². The van der Waals surface area contributed by atoms with Crippen LogP contribution in [0.5, 0.6) is 5.75 Å². The van der Waals surface area contributed by atoms with Gasteiger partial charge in [0.05, 0.1) is 23.4 Å². The van der Waals surface area contributed by atoms with Gasteiger partial charge in [-0.25, -0.2) is 0 Å². The van der Waals surface area contributed by atoms with Gasteiger partial charge in [0.15, 0.2) is 5.58 Å². The molecule has 1 atom stereocenters. The molecular formula is C19H16ClNO5. The average Bonchev–Trinajstić information content (AvgIpc) is 3.13. The minimum atomic E-state index is -0.787. The first-order chi connectivity index (χ1) is 12.5. The van der Waals surface area contributed by atoms with Crippen molar-refractivity contribution in [3.63, 3.8) is 0 Å².